The summed E-state index contributed by atoms with van der Waals surface area (Å²) in [7, 11) is 0. The lowest BCUT2D eigenvalue weighted by Crippen LogP contribution is -2.11. The summed E-state index contributed by atoms with van der Waals surface area (Å²) < 4.78 is 0. The largest absolute Gasteiger partial charge is 0.310 e. The Kier molecular flexibility index (Phi) is 9.16. The Morgan fingerprint density at radius 1 is 0.293 bits per heavy atom. The van der Waals surface area contributed by atoms with Crippen LogP contribution in [0.3, 0.4) is 0 Å². The van der Waals surface area contributed by atoms with Crippen LogP contribution in [0.2, 0.25) is 0 Å². The van der Waals surface area contributed by atoms with Crippen LogP contribution in [0.5, 0.6) is 0 Å². The fraction of sp³-hybridized carbons (Fsp3) is 0.0714. The quantitative estimate of drug-likeness (QED) is 0.129. The molecule has 0 fully saturated rings. The van der Waals surface area contributed by atoms with Gasteiger partial charge in [-0.3, -0.25) is 0 Å². The first-order valence-electron chi connectivity index (χ1n) is 20.3. The molecule has 0 bridgehead atoms. The molecule has 0 saturated heterocycles. The lowest BCUT2D eigenvalue weighted by molar-refractivity contribution is 1.18. The Balaban J connectivity index is 1.12. The van der Waals surface area contributed by atoms with Gasteiger partial charge in [-0.05, 0) is 131 Å². The van der Waals surface area contributed by atoms with E-state index in [1.807, 2.05) is 0 Å². The molecule has 10 rings (SSSR count). The highest BCUT2D eigenvalue weighted by atomic mass is 15.1. The van der Waals surface area contributed by atoms with E-state index in [0.717, 1.165) is 47.0 Å². The van der Waals surface area contributed by atoms with Gasteiger partial charge in [0.1, 0.15) is 0 Å². The predicted molar refractivity (Wildman–Crippen MR) is 247 cm³/mol. The van der Waals surface area contributed by atoms with Crippen molar-refractivity contribution in [2.45, 2.75) is 26.7 Å². The molecule has 0 aliphatic rings. The zero-order valence-corrected chi connectivity index (χ0v) is 32.9. The van der Waals surface area contributed by atoms with Gasteiger partial charge < -0.3 is 9.80 Å². The molecule has 0 radical (unpaired) electrons. The van der Waals surface area contributed by atoms with E-state index >= 15 is 0 Å². The highest BCUT2D eigenvalue weighted by molar-refractivity contribution is 6.28. The summed E-state index contributed by atoms with van der Waals surface area (Å²) in [6.45, 7) is 4.30. The Morgan fingerprint density at radius 3 is 0.966 bits per heavy atom. The molecule has 0 unspecified atom stereocenters. The first-order valence-corrected chi connectivity index (χ1v) is 20.3. The van der Waals surface area contributed by atoms with Crippen molar-refractivity contribution in [1.29, 1.82) is 0 Å². The van der Waals surface area contributed by atoms with Crippen molar-refractivity contribution in [3.05, 3.63) is 240 Å². The molecule has 2 nitrogen and oxygen atoms in total. The van der Waals surface area contributed by atoms with E-state index in [0.29, 0.717) is 0 Å². The van der Waals surface area contributed by atoms with Crippen LogP contribution in [-0.2, 0) is 12.8 Å². The molecule has 278 valence electrons. The Hall–Kier alpha value is -7.16. The normalized spacial score (nSPS) is 11.4. The molecule has 10 aromatic rings. The smallest absolute Gasteiger partial charge is 0.0540 e. The lowest BCUT2D eigenvalue weighted by atomic mass is 9.91. The molecule has 0 heterocycles. The van der Waals surface area contributed by atoms with E-state index in [9.17, 15) is 0 Å². The highest BCUT2D eigenvalue weighted by Gasteiger charge is 2.22. The van der Waals surface area contributed by atoms with E-state index in [1.54, 1.807) is 0 Å². The van der Waals surface area contributed by atoms with E-state index in [4.69, 9.17) is 0 Å². The van der Waals surface area contributed by atoms with E-state index in [-0.39, 0.29) is 0 Å². The third kappa shape index (κ3) is 6.73. The molecule has 2 heteroatoms. The van der Waals surface area contributed by atoms with Gasteiger partial charge in [-0.2, -0.15) is 0 Å². The Bertz CT molecular complexity index is 2760. The second-order valence-corrected chi connectivity index (χ2v) is 15.6. The van der Waals surface area contributed by atoms with Crippen LogP contribution in [0.1, 0.15) is 33.4 Å². The second-order valence-electron chi connectivity index (χ2n) is 15.6. The summed E-state index contributed by atoms with van der Waals surface area (Å²) in [6, 6.07) is 75.9. The predicted octanol–water partition coefficient (Wildman–Crippen LogP) is 15.3. The van der Waals surface area contributed by atoms with Crippen LogP contribution in [0, 0.1) is 13.8 Å². The van der Waals surface area contributed by atoms with Crippen molar-refractivity contribution in [1.82, 2.24) is 0 Å². The lowest BCUT2D eigenvalue weighted by Gasteiger charge is -2.29. The number of rotatable bonds is 10. The SMILES string of the molecule is Cc1ccc(N(c2ccc(Cc3ccccc3)cc2)c2ccc3ccc4c(N(c5ccc(C)cc5)c5ccc(Cc6ccccc6)cc5)ccc5ccc2c3c54)cc1. The molecule has 58 heavy (non-hydrogen) atoms. The van der Waals surface area contributed by atoms with Crippen LogP contribution in [0.25, 0.3) is 32.3 Å². The van der Waals surface area contributed by atoms with Crippen LogP contribution >= 0.6 is 0 Å². The molecule has 0 spiro atoms. The average molecular weight is 745 g/mol. The van der Waals surface area contributed by atoms with Crippen molar-refractivity contribution in [2.24, 2.45) is 0 Å². The maximum Gasteiger partial charge on any atom is 0.0540 e. The number of aryl methyl sites for hydroxylation is 2. The van der Waals surface area contributed by atoms with E-state index in [2.05, 4.69) is 230 Å². The monoisotopic (exact) mass is 744 g/mol. The molecule has 0 aromatic heterocycles. The van der Waals surface area contributed by atoms with Gasteiger partial charge in [-0.15, -0.1) is 0 Å². The summed E-state index contributed by atoms with van der Waals surface area (Å²) >= 11 is 0. The number of nitrogens with zero attached hydrogens (tertiary/aromatic N) is 2. The van der Waals surface area contributed by atoms with Crippen LogP contribution in [-0.4, -0.2) is 0 Å². The van der Waals surface area contributed by atoms with Gasteiger partial charge in [-0.25, -0.2) is 0 Å². The first-order chi connectivity index (χ1) is 28.6. The molecule has 0 atom stereocenters. The summed E-state index contributed by atoms with van der Waals surface area (Å²) in [5.41, 5.74) is 14.6. The minimum Gasteiger partial charge on any atom is -0.310 e. The zero-order chi connectivity index (χ0) is 39.0. The highest BCUT2D eigenvalue weighted by Crippen LogP contribution is 2.47. The standard InChI is InChI=1S/C56H44N2/c1-39-13-25-47(26-14-39)57(49-29-17-43(18-30-49)37-41-9-5-3-6-10-41)53-35-23-45-22-34-52-54(36-24-46-21-33-51(53)55(45)56(46)52)58(48-27-15-40(2)16-28-48)50-31-19-44(20-32-50)38-42-11-7-4-8-12-42/h3-36H,37-38H2,1-2H3. The van der Waals surface area contributed by atoms with Gasteiger partial charge in [0.25, 0.3) is 0 Å². The van der Waals surface area contributed by atoms with Crippen LogP contribution < -0.4 is 9.80 Å². The zero-order valence-electron chi connectivity index (χ0n) is 32.9. The molecule has 0 N–H and O–H groups in total. The van der Waals surface area contributed by atoms with Gasteiger partial charge >= 0.3 is 0 Å². The molecular weight excluding hydrogens is 701 g/mol. The number of benzene rings is 10. The summed E-state index contributed by atoms with van der Waals surface area (Å²) in [4.78, 5) is 4.85. The molecule has 0 aliphatic carbocycles. The van der Waals surface area contributed by atoms with Crippen molar-refractivity contribution in [3.8, 4) is 0 Å². The molecular formula is C56H44N2. The van der Waals surface area contributed by atoms with Gasteiger partial charge in [0.15, 0.2) is 0 Å². The summed E-state index contributed by atoms with van der Waals surface area (Å²) in [5.74, 6) is 0. The number of anilines is 6. The Morgan fingerprint density at radius 2 is 0.603 bits per heavy atom. The van der Waals surface area contributed by atoms with E-state index in [1.165, 1.54) is 65.7 Å². The molecule has 0 aliphatic heterocycles. The third-order valence-corrected chi connectivity index (χ3v) is 11.6. The van der Waals surface area contributed by atoms with Crippen molar-refractivity contribution in [2.75, 3.05) is 9.80 Å². The maximum atomic E-state index is 2.42. The maximum absolute atomic E-state index is 2.42. The molecule has 0 saturated carbocycles. The van der Waals surface area contributed by atoms with Crippen LogP contribution in [0.4, 0.5) is 34.1 Å². The average Bonchev–Trinajstić information content (AvgIpc) is 3.27. The summed E-state index contributed by atoms with van der Waals surface area (Å²) in [5, 5.41) is 7.51. The van der Waals surface area contributed by atoms with E-state index < -0.39 is 0 Å². The van der Waals surface area contributed by atoms with Crippen molar-refractivity contribution >= 4 is 66.4 Å². The number of hydrogen-bond donors (Lipinski definition) is 0. The fourth-order valence-electron chi connectivity index (χ4n) is 8.59. The van der Waals surface area contributed by atoms with Gasteiger partial charge in [0.2, 0.25) is 0 Å². The third-order valence-electron chi connectivity index (χ3n) is 11.6. The minimum atomic E-state index is 0.907. The topological polar surface area (TPSA) is 6.48 Å². The van der Waals surface area contributed by atoms with Gasteiger partial charge in [0, 0.05) is 33.5 Å². The summed E-state index contributed by atoms with van der Waals surface area (Å²) in [6.07, 6.45) is 1.81. The first kappa shape index (κ1) is 35.3. The van der Waals surface area contributed by atoms with Crippen LogP contribution in [0.15, 0.2) is 206 Å². The fourth-order valence-corrected chi connectivity index (χ4v) is 8.59. The van der Waals surface area contributed by atoms with Crippen molar-refractivity contribution < 1.29 is 0 Å². The Labute approximate surface area is 341 Å². The van der Waals surface area contributed by atoms with Gasteiger partial charge in [0.05, 0.1) is 11.4 Å². The van der Waals surface area contributed by atoms with Gasteiger partial charge in [-0.1, -0.05) is 157 Å². The molecule has 10 aromatic carbocycles. The second kappa shape index (κ2) is 15.1. The minimum absolute atomic E-state index is 0.907. The number of hydrogen-bond acceptors (Lipinski definition) is 2. The van der Waals surface area contributed by atoms with Crippen molar-refractivity contribution in [3.63, 3.8) is 0 Å². The molecule has 0 amide bonds.